The van der Waals surface area contributed by atoms with Gasteiger partial charge in [-0.1, -0.05) is 6.92 Å². The van der Waals surface area contributed by atoms with E-state index < -0.39 is 0 Å². The maximum atomic E-state index is 5.69. The lowest BCUT2D eigenvalue weighted by molar-refractivity contribution is 0.716. The first-order valence-electron chi connectivity index (χ1n) is 4.25. The van der Waals surface area contributed by atoms with Crippen LogP contribution in [0.5, 0.6) is 0 Å². The minimum absolute atomic E-state index is 0.322. The molecule has 3 nitrogen and oxygen atoms in total. The summed E-state index contributed by atoms with van der Waals surface area (Å²) in [5, 5.41) is 0. The van der Waals surface area contributed by atoms with Crippen molar-refractivity contribution < 1.29 is 0 Å². The molecule has 0 rings (SSSR count). The molecule has 0 aliphatic heterocycles. The molecule has 0 aromatic carbocycles. The molecule has 0 amide bonds. The quantitative estimate of drug-likeness (QED) is 0.627. The number of nitrogens with two attached hydrogens (primary N) is 2. The number of rotatable bonds is 3. The molecule has 70 valence electrons. The van der Waals surface area contributed by atoms with E-state index in [2.05, 4.69) is 18.8 Å². The number of allylic oxidation sites excluding steroid dienone is 2. The van der Waals surface area contributed by atoms with E-state index in [1.807, 2.05) is 6.92 Å². The van der Waals surface area contributed by atoms with E-state index in [9.17, 15) is 0 Å². The minimum Gasteiger partial charge on any atom is -0.401 e. The van der Waals surface area contributed by atoms with E-state index in [-0.39, 0.29) is 0 Å². The summed E-state index contributed by atoms with van der Waals surface area (Å²) < 4.78 is 0. The van der Waals surface area contributed by atoms with E-state index in [4.69, 9.17) is 11.5 Å². The number of nitrogens with zero attached hydrogens (tertiary/aromatic N) is 1. The van der Waals surface area contributed by atoms with Crippen molar-refractivity contribution in [3.8, 4) is 0 Å². The number of hydrogen-bond acceptors (Lipinski definition) is 3. The van der Waals surface area contributed by atoms with Crippen molar-refractivity contribution in [2.45, 2.75) is 40.2 Å². The van der Waals surface area contributed by atoms with Crippen LogP contribution in [0.25, 0.3) is 0 Å². The minimum atomic E-state index is 0.322. The van der Waals surface area contributed by atoms with Gasteiger partial charge in [-0.2, -0.15) is 0 Å². The first kappa shape index (κ1) is 11.0. The second-order valence-electron chi connectivity index (χ2n) is 3.07. The van der Waals surface area contributed by atoms with Crippen molar-refractivity contribution in [2.75, 3.05) is 0 Å². The zero-order valence-electron chi connectivity index (χ0n) is 8.39. The van der Waals surface area contributed by atoms with E-state index in [0.29, 0.717) is 17.4 Å². The molecule has 1 unspecified atom stereocenters. The van der Waals surface area contributed by atoms with Gasteiger partial charge in [-0.15, -0.1) is 0 Å². The highest BCUT2D eigenvalue weighted by Gasteiger charge is 2.00. The molecule has 0 radical (unpaired) electrons. The molecule has 0 fully saturated rings. The van der Waals surface area contributed by atoms with Gasteiger partial charge in [-0.05, 0) is 27.2 Å². The van der Waals surface area contributed by atoms with Crippen LogP contribution >= 0.6 is 0 Å². The fourth-order valence-electron chi connectivity index (χ4n) is 0.777. The average Bonchev–Trinajstić information content (AvgIpc) is 2.02. The van der Waals surface area contributed by atoms with Crippen molar-refractivity contribution >= 4 is 5.71 Å². The van der Waals surface area contributed by atoms with Crippen LogP contribution in [0.2, 0.25) is 0 Å². The van der Waals surface area contributed by atoms with Gasteiger partial charge in [0.2, 0.25) is 0 Å². The third-order valence-corrected chi connectivity index (χ3v) is 1.82. The summed E-state index contributed by atoms with van der Waals surface area (Å²) >= 11 is 0. The number of aliphatic imine (C=N–C) groups is 1. The van der Waals surface area contributed by atoms with Crippen molar-refractivity contribution in [1.29, 1.82) is 0 Å². The van der Waals surface area contributed by atoms with Crippen LogP contribution in [-0.4, -0.2) is 11.8 Å². The Morgan fingerprint density at radius 3 is 2.17 bits per heavy atom. The summed E-state index contributed by atoms with van der Waals surface area (Å²) in [7, 11) is 0. The van der Waals surface area contributed by atoms with Gasteiger partial charge in [-0.25, -0.2) is 0 Å². The van der Waals surface area contributed by atoms with Gasteiger partial charge in [-0.3, -0.25) is 4.99 Å². The van der Waals surface area contributed by atoms with Crippen LogP contribution in [0.4, 0.5) is 0 Å². The highest BCUT2D eigenvalue weighted by atomic mass is 14.8. The van der Waals surface area contributed by atoms with Crippen LogP contribution in [0.15, 0.2) is 16.4 Å². The van der Waals surface area contributed by atoms with Gasteiger partial charge in [0.15, 0.2) is 0 Å². The third kappa shape index (κ3) is 3.42. The zero-order chi connectivity index (χ0) is 9.72. The van der Waals surface area contributed by atoms with Crippen LogP contribution in [0.3, 0.4) is 0 Å². The number of hydrogen-bond donors (Lipinski definition) is 2. The second kappa shape index (κ2) is 4.80. The van der Waals surface area contributed by atoms with E-state index >= 15 is 0 Å². The van der Waals surface area contributed by atoms with E-state index in [1.54, 1.807) is 6.92 Å². The molecule has 0 saturated heterocycles. The topological polar surface area (TPSA) is 64.4 Å². The van der Waals surface area contributed by atoms with E-state index in [0.717, 1.165) is 12.1 Å². The van der Waals surface area contributed by atoms with Crippen molar-refractivity contribution in [3.63, 3.8) is 0 Å². The Hall–Kier alpha value is -0.990. The average molecular weight is 169 g/mol. The molecule has 1 atom stereocenters. The predicted octanol–water partition coefficient (Wildman–Crippen LogP) is 1.39. The largest absolute Gasteiger partial charge is 0.401 e. The molecule has 0 aliphatic rings. The molecule has 0 saturated carbocycles. The SMILES string of the molecule is CCC(C)N=C(C)/C(N)=C(/C)N. The highest BCUT2D eigenvalue weighted by Crippen LogP contribution is 2.00. The second-order valence-corrected chi connectivity index (χ2v) is 3.07. The maximum Gasteiger partial charge on any atom is 0.0713 e. The lowest BCUT2D eigenvalue weighted by Crippen LogP contribution is -2.16. The van der Waals surface area contributed by atoms with Crippen LogP contribution in [0.1, 0.15) is 34.1 Å². The maximum absolute atomic E-state index is 5.69. The Labute approximate surface area is 74.5 Å². The Kier molecular flexibility index (Phi) is 4.40. The molecular formula is C9H19N3. The summed E-state index contributed by atoms with van der Waals surface area (Å²) in [6.07, 6.45) is 1.02. The molecule has 0 aromatic heterocycles. The van der Waals surface area contributed by atoms with Crippen molar-refractivity contribution in [3.05, 3.63) is 11.4 Å². The molecule has 4 N–H and O–H groups in total. The summed E-state index contributed by atoms with van der Waals surface area (Å²) in [5.74, 6) is 0. The van der Waals surface area contributed by atoms with Crippen LogP contribution in [-0.2, 0) is 0 Å². The first-order chi connectivity index (χ1) is 5.49. The molecule has 3 heteroatoms. The Balaban J connectivity index is 4.49. The third-order valence-electron chi connectivity index (χ3n) is 1.82. The molecule has 0 spiro atoms. The van der Waals surface area contributed by atoms with Crippen molar-refractivity contribution in [2.24, 2.45) is 16.5 Å². The lowest BCUT2D eigenvalue weighted by Gasteiger charge is -2.06. The highest BCUT2D eigenvalue weighted by molar-refractivity contribution is 5.97. The fraction of sp³-hybridized carbons (Fsp3) is 0.667. The van der Waals surface area contributed by atoms with Gasteiger partial charge in [0, 0.05) is 11.7 Å². The normalized spacial score (nSPS) is 17.2. The zero-order valence-corrected chi connectivity index (χ0v) is 8.39. The summed E-state index contributed by atoms with van der Waals surface area (Å²) in [6, 6.07) is 0.322. The summed E-state index contributed by atoms with van der Waals surface area (Å²) in [6.45, 7) is 7.82. The van der Waals surface area contributed by atoms with Crippen molar-refractivity contribution in [1.82, 2.24) is 0 Å². The molecule has 0 bridgehead atoms. The molecular weight excluding hydrogens is 150 g/mol. The first-order valence-corrected chi connectivity index (χ1v) is 4.25. The Bertz CT molecular complexity index is 200. The fourth-order valence-corrected chi connectivity index (χ4v) is 0.777. The van der Waals surface area contributed by atoms with Gasteiger partial charge >= 0.3 is 0 Å². The predicted molar refractivity (Wildman–Crippen MR) is 53.9 cm³/mol. The lowest BCUT2D eigenvalue weighted by atomic mass is 10.2. The smallest absolute Gasteiger partial charge is 0.0713 e. The monoisotopic (exact) mass is 169 g/mol. The van der Waals surface area contributed by atoms with Gasteiger partial charge in [0.1, 0.15) is 0 Å². The molecule has 0 aromatic rings. The van der Waals surface area contributed by atoms with Gasteiger partial charge in [0.25, 0.3) is 0 Å². The molecule has 0 aliphatic carbocycles. The van der Waals surface area contributed by atoms with E-state index in [1.165, 1.54) is 0 Å². The Morgan fingerprint density at radius 2 is 1.83 bits per heavy atom. The van der Waals surface area contributed by atoms with Crippen LogP contribution in [0, 0.1) is 0 Å². The standard InChI is InChI=1S/C9H19N3/c1-5-6(2)12-8(4)9(11)7(3)10/h6H,5,10-11H2,1-4H3/b9-7+,12-8?. The Morgan fingerprint density at radius 1 is 1.33 bits per heavy atom. The van der Waals surface area contributed by atoms with Gasteiger partial charge < -0.3 is 11.5 Å². The summed E-state index contributed by atoms with van der Waals surface area (Å²) in [4.78, 5) is 4.37. The molecule has 0 heterocycles. The van der Waals surface area contributed by atoms with Gasteiger partial charge in [0.05, 0.1) is 11.4 Å². The molecule has 12 heavy (non-hydrogen) atoms. The summed E-state index contributed by atoms with van der Waals surface area (Å²) in [5.41, 5.74) is 13.3. The van der Waals surface area contributed by atoms with Crippen LogP contribution < -0.4 is 11.5 Å².